The van der Waals surface area contributed by atoms with Crippen molar-refractivity contribution in [2.24, 2.45) is 0 Å². The van der Waals surface area contributed by atoms with Gasteiger partial charge in [0.15, 0.2) is 0 Å². The van der Waals surface area contributed by atoms with Gasteiger partial charge >= 0.3 is 0 Å². The molecule has 1 atom stereocenters. The lowest BCUT2D eigenvalue weighted by molar-refractivity contribution is 0.539. The van der Waals surface area contributed by atoms with Gasteiger partial charge in [-0.1, -0.05) is 6.07 Å². The van der Waals surface area contributed by atoms with E-state index in [9.17, 15) is 8.42 Å². The van der Waals surface area contributed by atoms with E-state index < -0.39 is 10.0 Å². The van der Waals surface area contributed by atoms with Gasteiger partial charge in [0.25, 0.3) is 0 Å². The number of sulfonamides is 1. The molecule has 0 spiro atoms. The first-order valence-corrected chi connectivity index (χ1v) is 8.98. The molecule has 4 nitrogen and oxygen atoms in total. The second-order valence-electron chi connectivity index (χ2n) is 5.76. The van der Waals surface area contributed by atoms with E-state index in [0.29, 0.717) is 17.5 Å². The lowest BCUT2D eigenvalue weighted by atomic mass is 10.1. The Morgan fingerprint density at radius 2 is 2.05 bits per heavy atom. The van der Waals surface area contributed by atoms with Crippen molar-refractivity contribution in [1.29, 1.82) is 0 Å². The normalized spacial score (nSPS) is 22.1. The summed E-state index contributed by atoms with van der Waals surface area (Å²) in [5.74, 6) is 0. The van der Waals surface area contributed by atoms with Gasteiger partial charge in [0.2, 0.25) is 10.0 Å². The van der Waals surface area contributed by atoms with Crippen LogP contribution in [0.15, 0.2) is 23.1 Å². The molecule has 1 aliphatic heterocycles. The van der Waals surface area contributed by atoms with E-state index in [1.165, 1.54) is 17.5 Å². The van der Waals surface area contributed by atoms with Crippen molar-refractivity contribution in [3.05, 3.63) is 29.3 Å². The van der Waals surface area contributed by atoms with Gasteiger partial charge in [-0.25, -0.2) is 13.1 Å². The van der Waals surface area contributed by atoms with Crippen molar-refractivity contribution < 1.29 is 8.42 Å². The number of nitrogens with one attached hydrogen (secondary N) is 2. The third-order valence-electron chi connectivity index (χ3n) is 4.33. The highest BCUT2D eigenvalue weighted by molar-refractivity contribution is 7.89. The first-order valence-electron chi connectivity index (χ1n) is 7.50. The number of hydrogen-bond acceptors (Lipinski definition) is 3. The molecule has 1 heterocycles. The topological polar surface area (TPSA) is 58.2 Å². The number of aryl methyl sites for hydroxylation is 2. The Morgan fingerprint density at radius 3 is 2.85 bits per heavy atom. The van der Waals surface area contributed by atoms with E-state index in [-0.39, 0.29) is 0 Å². The maximum atomic E-state index is 12.3. The lowest BCUT2D eigenvalue weighted by Crippen LogP contribution is -2.30. The summed E-state index contributed by atoms with van der Waals surface area (Å²) in [6.45, 7) is 1.57. The summed E-state index contributed by atoms with van der Waals surface area (Å²) in [6, 6.07) is 6.02. The summed E-state index contributed by atoms with van der Waals surface area (Å²) in [6.07, 6.45) is 6.44. The molecule has 3 rings (SSSR count). The first kappa shape index (κ1) is 14.0. The number of fused-ring (bicyclic) bond motifs is 1. The zero-order valence-corrected chi connectivity index (χ0v) is 12.5. The van der Waals surface area contributed by atoms with Gasteiger partial charge in [0.05, 0.1) is 4.90 Å². The van der Waals surface area contributed by atoms with Crippen LogP contribution in [0.2, 0.25) is 0 Å². The van der Waals surface area contributed by atoms with Crippen LogP contribution in [0.5, 0.6) is 0 Å². The maximum Gasteiger partial charge on any atom is 0.240 e. The van der Waals surface area contributed by atoms with E-state index in [2.05, 4.69) is 10.0 Å². The van der Waals surface area contributed by atoms with E-state index in [1.807, 2.05) is 12.1 Å². The van der Waals surface area contributed by atoms with Gasteiger partial charge in [-0.05, 0) is 68.3 Å². The minimum atomic E-state index is -3.35. The summed E-state index contributed by atoms with van der Waals surface area (Å²) >= 11 is 0. The molecule has 1 aliphatic carbocycles. The fraction of sp³-hybridized carbons (Fsp3) is 0.600. The third-order valence-corrected chi connectivity index (χ3v) is 5.79. The van der Waals surface area contributed by atoms with Gasteiger partial charge < -0.3 is 5.32 Å². The van der Waals surface area contributed by atoms with E-state index in [0.717, 1.165) is 38.6 Å². The second kappa shape index (κ2) is 5.84. The van der Waals surface area contributed by atoms with Crippen LogP contribution in [-0.2, 0) is 22.9 Å². The Labute approximate surface area is 121 Å². The van der Waals surface area contributed by atoms with Gasteiger partial charge in [0.1, 0.15) is 0 Å². The standard InChI is InChI=1S/C15H22N2O2S/c18-20(19,17-10-8-14-5-2-9-16-14)15-7-6-12-3-1-4-13(12)11-15/h6-7,11,14,16-17H,1-5,8-10H2/t14-/m1/s1. The molecule has 0 unspecified atom stereocenters. The molecule has 2 aliphatic rings. The minimum Gasteiger partial charge on any atom is -0.314 e. The summed E-state index contributed by atoms with van der Waals surface area (Å²) in [4.78, 5) is 0.414. The van der Waals surface area contributed by atoms with Gasteiger partial charge in [-0.15, -0.1) is 0 Å². The highest BCUT2D eigenvalue weighted by Crippen LogP contribution is 2.24. The third kappa shape index (κ3) is 3.05. The highest BCUT2D eigenvalue weighted by atomic mass is 32.2. The summed E-state index contributed by atoms with van der Waals surface area (Å²) in [7, 11) is -3.35. The zero-order chi connectivity index (χ0) is 14.0. The Balaban J connectivity index is 1.62. The van der Waals surface area contributed by atoms with Crippen molar-refractivity contribution in [1.82, 2.24) is 10.0 Å². The highest BCUT2D eigenvalue weighted by Gasteiger charge is 2.19. The van der Waals surface area contributed by atoms with Crippen LogP contribution in [0.25, 0.3) is 0 Å². The van der Waals surface area contributed by atoms with Crippen molar-refractivity contribution >= 4 is 10.0 Å². The molecule has 1 saturated heterocycles. The molecule has 1 aromatic rings. The van der Waals surface area contributed by atoms with E-state index in [1.54, 1.807) is 6.07 Å². The van der Waals surface area contributed by atoms with Crippen molar-refractivity contribution in [3.63, 3.8) is 0 Å². The first-order chi connectivity index (χ1) is 9.65. The average Bonchev–Trinajstić information content (AvgIpc) is 3.08. The molecule has 110 valence electrons. The van der Waals surface area contributed by atoms with Crippen molar-refractivity contribution in [2.75, 3.05) is 13.1 Å². The molecular weight excluding hydrogens is 272 g/mol. The van der Waals surface area contributed by atoms with Crippen LogP contribution in [-0.4, -0.2) is 27.5 Å². The lowest BCUT2D eigenvalue weighted by Gasteiger charge is -2.12. The molecule has 20 heavy (non-hydrogen) atoms. The van der Waals surface area contributed by atoms with Gasteiger partial charge in [0, 0.05) is 12.6 Å². The quantitative estimate of drug-likeness (QED) is 0.867. The molecule has 2 N–H and O–H groups in total. The monoisotopic (exact) mass is 294 g/mol. The minimum absolute atomic E-state index is 0.414. The molecule has 0 amide bonds. The summed E-state index contributed by atoms with van der Waals surface area (Å²) < 4.78 is 27.3. The van der Waals surface area contributed by atoms with Gasteiger partial charge in [-0.3, -0.25) is 0 Å². The predicted molar refractivity (Wildman–Crippen MR) is 79.3 cm³/mol. The zero-order valence-electron chi connectivity index (χ0n) is 11.7. The van der Waals surface area contributed by atoms with Crippen LogP contribution < -0.4 is 10.0 Å². The molecule has 1 fully saturated rings. The smallest absolute Gasteiger partial charge is 0.240 e. The molecule has 0 aromatic heterocycles. The molecular formula is C15H22N2O2S. The largest absolute Gasteiger partial charge is 0.314 e. The van der Waals surface area contributed by atoms with E-state index >= 15 is 0 Å². The Morgan fingerprint density at radius 1 is 1.20 bits per heavy atom. The Kier molecular flexibility index (Phi) is 4.10. The number of hydrogen-bond donors (Lipinski definition) is 2. The summed E-state index contributed by atoms with van der Waals surface area (Å²) in [5.41, 5.74) is 2.50. The fourth-order valence-corrected chi connectivity index (χ4v) is 4.27. The molecule has 0 bridgehead atoms. The molecule has 0 saturated carbocycles. The number of rotatable bonds is 5. The fourth-order valence-electron chi connectivity index (χ4n) is 3.17. The SMILES string of the molecule is O=S(=O)(NCC[C@H]1CCCN1)c1ccc2c(c1)CCC2. The van der Waals surface area contributed by atoms with Crippen LogP contribution in [0, 0.1) is 0 Å². The van der Waals surface area contributed by atoms with E-state index in [4.69, 9.17) is 0 Å². The molecule has 1 aromatic carbocycles. The average molecular weight is 294 g/mol. The Bertz CT molecular complexity index is 578. The van der Waals surface area contributed by atoms with Crippen LogP contribution in [0.4, 0.5) is 0 Å². The molecule has 0 radical (unpaired) electrons. The number of benzene rings is 1. The van der Waals surface area contributed by atoms with Crippen LogP contribution >= 0.6 is 0 Å². The predicted octanol–water partition coefficient (Wildman–Crippen LogP) is 1.60. The molecule has 5 heteroatoms. The van der Waals surface area contributed by atoms with Crippen molar-refractivity contribution in [3.8, 4) is 0 Å². The van der Waals surface area contributed by atoms with Gasteiger partial charge in [-0.2, -0.15) is 0 Å². The second-order valence-corrected chi connectivity index (χ2v) is 7.53. The van der Waals surface area contributed by atoms with Crippen molar-refractivity contribution in [2.45, 2.75) is 49.5 Å². The van der Waals surface area contributed by atoms with Crippen LogP contribution in [0.3, 0.4) is 0 Å². The maximum absolute atomic E-state index is 12.3. The summed E-state index contributed by atoms with van der Waals surface area (Å²) in [5, 5.41) is 3.38. The van der Waals surface area contributed by atoms with Crippen LogP contribution in [0.1, 0.15) is 36.8 Å². The Hall–Kier alpha value is -0.910.